The van der Waals surface area contributed by atoms with Crippen LogP contribution < -0.4 is 15.1 Å². The number of alkyl halides is 1. The molecule has 2 fully saturated rings. The molecule has 37 heavy (non-hydrogen) atoms. The summed E-state index contributed by atoms with van der Waals surface area (Å²) in [4.78, 5) is 21.7. The van der Waals surface area contributed by atoms with Crippen molar-refractivity contribution in [1.29, 1.82) is 0 Å². The maximum atomic E-state index is 14.7. The summed E-state index contributed by atoms with van der Waals surface area (Å²) in [5.74, 6) is 2.81. The number of anilines is 4. The number of hydrogen-bond acceptors (Lipinski definition) is 9. The van der Waals surface area contributed by atoms with E-state index >= 15 is 0 Å². The quantitative estimate of drug-likeness (QED) is 0.478. The third kappa shape index (κ3) is 5.38. The highest BCUT2D eigenvalue weighted by Crippen LogP contribution is 2.37. The SMILES string of the molecule is CC(C)c1ccc(N2CC(CS(C)=O)C2)c2cnc(Nc3ncnc(N4CC[C@H](O)[C@@](C)(F)C4)n3)cc12. The zero-order valence-electron chi connectivity index (χ0n) is 21.7. The van der Waals surface area contributed by atoms with E-state index in [1.54, 1.807) is 11.2 Å². The van der Waals surface area contributed by atoms with Crippen LogP contribution in [0.3, 0.4) is 0 Å². The lowest BCUT2D eigenvalue weighted by Crippen LogP contribution is -2.52. The van der Waals surface area contributed by atoms with Gasteiger partial charge in [0.25, 0.3) is 0 Å². The van der Waals surface area contributed by atoms with Crippen LogP contribution in [0.4, 0.5) is 27.8 Å². The number of aliphatic hydroxyl groups excluding tert-OH is 1. The standard InChI is InChI=1S/C26H34FN7O2S/c1-16(2)18-5-6-21(34-11-17(12-34)13-37(4)36)20-10-28-23(9-19(18)20)31-24-29-15-30-25(32-24)33-8-7-22(35)26(3,27)14-33/h5-6,9-10,15-17,22,35H,7-8,11-14H2,1-4H3,(H,28,29,30,31,32)/t22-,26-,37?/m0/s1. The molecule has 0 bridgehead atoms. The minimum Gasteiger partial charge on any atom is -0.390 e. The van der Waals surface area contributed by atoms with Gasteiger partial charge in [-0.15, -0.1) is 0 Å². The predicted molar refractivity (Wildman–Crippen MR) is 146 cm³/mol. The normalized spacial score (nSPS) is 23.4. The highest BCUT2D eigenvalue weighted by atomic mass is 32.2. The third-order valence-electron chi connectivity index (χ3n) is 7.25. The van der Waals surface area contributed by atoms with E-state index in [1.165, 1.54) is 18.8 Å². The van der Waals surface area contributed by atoms with Crippen molar-refractivity contribution >= 4 is 45.0 Å². The summed E-state index contributed by atoms with van der Waals surface area (Å²) < 4.78 is 26.3. The maximum absolute atomic E-state index is 14.7. The zero-order valence-corrected chi connectivity index (χ0v) is 22.5. The van der Waals surface area contributed by atoms with Gasteiger partial charge in [0.1, 0.15) is 12.1 Å². The lowest BCUT2D eigenvalue weighted by molar-refractivity contribution is -0.00860. The van der Waals surface area contributed by atoms with E-state index in [0.717, 1.165) is 35.3 Å². The summed E-state index contributed by atoms with van der Waals surface area (Å²) >= 11 is 0. The first-order valence-corrected chi connectivity index (χ1v) is 14.4. The molecule has 0 aliphatic carbocycles. The minimum atomic E-state index is -1.73. The summed E-state index contributed by atoms with van der Waals surface area (Å²) in [6.07, 6.45) is 4.35. The average molecular weight is 528 g/mol. The Morgan fingerprint density at radius 3 is 2.70 bits per heavy atom. The van der Waals surface area contributed by atoms with E-state index in [2.05, 4.69) is 56.1 Å². The van der Waals surface area contributed by atoms with E-state index in [1.807, 2.05) is 12.3 Å². The molecule has 0 saturated carbocycles. The van der Waals surface area contributed by atoms with Crippen molar-refractivity contribution in [2.24, 2.45) is 5.92 Å². The molecule has 4 heterocycles. The van der Waals surface area contributed by atoms with Crippen LogP contribution >= 0.6 is 0 Å². The zero-order chi connectivity index (χ0) is 26.3. The van der Waals surface area contributed by atoms with Gasteiger partial charge in [0.2, 0.25) is 11.9 Å². The first-order chi connectivity index (χ1) is 17.6. The van der Waals surface area contributed by atoms with Crippen molar-refractivity contribution < 1.29 is 13.7 Å². The number of rotatable bonds is 7. The molecule has 0 amide bonds. The number of piperidine rings is 1. The second-order valence-electron chi connectivity index (χ2n) is 10.7. The van der Waals surface area contributed by atoms with E-state index in [0.29, 0.717) is 42.5 Å². The van der Waals surface area contributed by atoms with Gasteiger partial charge in [-0.2, -0.15) is 4.98 Å². The van der Waals surface area contributed by atoms with Gasteiger partial charge in [0.15, 0.2) is 5.67 Å². The number of fused-ring (bicyclic) bond motifs is 1. The van der Waals surface area contributed by atoms with Crippen molar-refractivity contribution in [3.63, 3.8) is 0 Å². The van der Waals surface area contributed by atoms with E-state index in [9.17, 15) is 13.7 Å². The van der Waals surface area contributed by atoms with Gasteiger partial charge >= 0.3 is 0 Å². The molecule has 11 heteroatoms. The molecule has 3 aromatic rings. The molecule has 2 aromatic heterocycles. The monoisotopic (exact) mass is 527 g/mol. The third-order valence-corrected chi connectivity index (χ3v) is 8.19. The highest BCUT2D eigenvalue weighted by molar-refractivity contribution is 7.84. The fourth-order valence-corrected chi connectivity index (χ4v) is 6.09. The Morgan fingerprint density at radius 1 is 1.22 bits per heavy atom. The smallest absolute Gasteiger partial charge is 0.233 e. The molecule has 5 rings (SSSR count). The molecule has 2 aliphatic rings. The second-order valence-corrected chi connectivity index (χ2v) is 12.2. The molecule has 3 atom stereocenters. The molecule has 2 saturated heterocycles. The number of pyridine rings is 1. The Labute approximate surface area is 219 Å². The van der Waals surface area contributed by atoms with E-state index in [4.69, 9.17) is 0 Å². The van der Waals surface area contributed by atoms with Gasteiger partial charge in [-0.05, 0) is 42.3 Å². The van der Waals surface area contributed by atoms with E-state index < -0.39 is 22.6 Å². The van der Waals surface area contributed by atoms with Crippen LogP contribution in [-0.2, 0) is 10.8 Å². The van der Waals surface area contributed by atoms with Crippen LogP contribution in [0.15, 0.2) is 30.7 Å². The van der Waals surface area contributed by atoms with Crippen molar-refractivity contribution in [3.8, 4) is 0 Å². The van der Waals surface area contributed by atoms with Crippen molar-refractivity contribution in [1.82, 2.24) is 19.9 Å². The maximum Gasteiger partial charge on any atom is 0.233 e. The number of nitrogens with one attached hydrogen (secondary N) is 1. The number of aliphatic hydroxyl groups is 1. The Morgan fingerprint density at radius 2 is 2.00 bits per heavy atom. The van der Waals surface area contributed by atoms with Crippen LogP contribution in [0.5, 0.6) is 0 Å². The number of hydrogen-bond donors (Lipinski definition) is 2. The van der Waals surface area contributed by atoms with Crippen LogP contribution in [0.25, 0.3) is 10.8 Å². The number of benzene rings is 1. The lowest BCUT2D eigenvalue weighted by atomic mass is 9.93. The number of aromatic nitrogens is 4. The largest absolute Gasteiger partial charge is 0.390 e. The number of nitrogens with zero attached hydrogens (tertiary/aromatic N) is 6. The molecule has 1 unspecified atom stereocenters. The summed E-state index contributed by atoms with van der Waals surface area (Å²) in [6, 6.07) is 6.36. The van der Waals surface area contributed by atoms with Gasteiger partial charge in [0, 0.05) is 65.6 Å². The minimum absolute atomic E-state index is 0.0118. The van der Waals surface area contributed by atoms with Crippen molar-refractivity contribution in [3.05, 3.63) is 36.3 Å². The van der Waals surface area contributed by atoms with Gasteiger partial charge < -0.3 is 20.2 Å². The van der Waals surface area contributed by atoms with Gasteiger partial charge in [-0.3, -0.25) is 4.21 Å². The molecule has 0 spiro atoms. The topological polar surface area (TPSA) is 107 Å². The summed E-state index contributed by atoms with van der Waals surface area (Å²) in [6.45, 7) is 8.01. The Balaban J connectivity index is 1.39. The molecular weight excluding hydrogens is 493 g/mol. The van der Waals surface area contributed by atoms with Crippen LogP contribution in [0, 0.1) is 5.92 Å². The molecular formula is C26H34FN7O2S. The Kier molecular flexibility index (Phi) is 7.01. The first kappa shape index (κ1) is 25.7. The fourth-order valence-electron chi connectivity index (χ4n) is 5.22. The lowest BCUT2D eigenvalue weighted by Gasteiger charge is -2.41. The Bertz CT molecular complexity index is 1320. The van der Waals surface area contributed by atoms with Crippen LogP contribution in [-0.4, -0.2) is 79.2 Å². The van der Waals surface area contributed by atoms with Gasteiger partial charge in [-0.25, -0.2) is 19.3 Å². The first-order valence-electron chi connectivity index (χ1n) is 12.7. The van der Waals surface area contributed by atoms with Crippen molar-refractivity contribution in [2.45, 2.75) is 44.9 Å². The summed E-state index contributed by atoms with van der Waals surface area (Å²) in [7, 11) is -0.781. The average Bonchev–Trinajstić information content (AvgIpc) is 2.82. The van der Waals surface area contributed by atoms with Crippen LogP contribution in [0.1, 0.15) is 38.7 Å². The summed E-state index contributed by atoms with van der Waals surface area (Å²) in [5.41, 5.74) is 0.634. The predicted octanol–water partition coefficient (Wildman–Crippen LogP) is 3.40. The fraction of sp³-hybridized carbons (Fsp3) is 0.538. The Hall–Kier alpha value is -2.92. The van der Waals surface area contributed by atoms with Gasteiger partial charge in [0.05, 0.1) is 12.6 Å². The second kappa shape index (κ2) is 10.1. The number of halogens is 1. The molecule has 2 aliphatic heterocycles. The van der Waals surface area contributed by atoms with Crippen molar-refractivity contribution in [2.75, 3.05) is 53.3 Å². The summed E-state index contributed by atoms with van der Waals surface area (Å²) in [5, 5.41) is 15.3. The van der Waals surface area contributed by atoms with E-state index in [-0.39, 0.29) is 6.54 Å². The highest BCUT2D eigenvalue weighted by Gasteiger charge is 2.39. The molecule has 2 N–H and O–H groups in total. The van der Waals surface area contributed by atoms with Gasteiger partial charge in [-0.1, -0.05) is 19.9 Å². The molecule has 0 radical (unpaired) electrons. The van der Waals surface area contributed by atoms with Crippen LogP contribution in [0.2, 0.25) is 0 Å². The molecule has 198 valence electrons. The molecule has 1 aromatic carbocycles. The molecule has 9 nitrogen and oxygen atoms in total.